The quantitative estimate of drug-likeness (QED) is 0.684. The van der Waals surface area contributed by atoms with Gasteiger partial charge in [-0.1, -0.05) is 31.2 Å². The lowest BCUT2D eigenvalue weighted by molar-refractivity contribution is -0.130. The number of fused-ring (bicyclic) bond motifs is 3. The molecule has 6 heteroatoms. The van der Waals surface area contributed by atoms with Crippen molar-refractivity contribution in [3.05, 3.63) is 57.1 Å². The van der Waals surface area contributed by atoms with E-state index < -0.39 is 23.6 Å². The van der Waals surface area contributed by atoms with Gasteiger partial charge in [0.2, 0.25) is 0 Å². The van der Waals surface area contributed by atoms with E-state index in [0.717, 1.165) is 15.5 Å². The van der Waals surface area contributed by atoms with Crippen molar-refractivity contribution in [1.29, 1.82) is 0 Å². The van der Waals surface area contributed by atoms with E-state index in [0.29, 0.717) is 5.39 Å². The maximum atomic E-state index is 13.0. The van der Waals surface area contributed by atoms with Crippen LogP contribution in [0.3, 0.4) is 0 Å². The molecule has 1 aliphatic rings. The van der Waals surface area contributed by atoms with Crippen molar-refractivity contribution in [3.8, 4) is 0 Å². The van der Waals surface area contributed by atoms with Gasteiger partial charge in [-0.15, -0.1) is 0 Å². The number of carbonyl (C=O) groups excluding carboxylic acids is 1. The van der Waals surface area contributed by atoms with Crippen molar-refractivity contribution in [2.75, 3.05) is 0 Å². The second-order valence-corrected chi connectivity index (χ2v) is 6.77. The van der Waals surface area contributed by atoms with E-state index in [-0.39, 0.29) is 23.3 Å². The number of aliphatic hydroxyl groups excluding tert-OH is 1. The highest BCUT2D eigenvalue weighted by Crippen LogP contribution is 2.29. The summed E-state index contributed by atoms with van der Waals surface area (Å²) in [6.07, 6.45) is -1.21. The van der Waals surface area contributed by atoms with Gasteiger partial charge in [-0.05, 0) is 29.8 Å². The zero-order valence-corrected chi connectivity index (χ0v) is 14.0. The molecule has 0 radical (unpaired) electrons. The number of benzene rings is 2. The van der Waals surface area contributed by atoms with Crippen LogP contribution in [0.4, 0.5) is 0 Å². The summed E-state index contributed by atoms with van der Waals surface area (Å²) in [5.41, 5.74) is -0.778. The van der Waals surface area contributed by atoms with Crippen molar-refractivity contribution in [1.82, 2.24) is 9.36 Å². The molecular formula is C19H18N2O4. The number of rotatable bonds is 1. The second kappa shape index (κ2) is 5.39. The van der Waals surface area contributed by atoms with Crippen molar-refractivity contribution < 1.29 is 9.90 Å². The largest absolute Gasteiger partial charge is 0.371 e. The molecule has 4 rings (SSSR count). The number of carbonyl (C=O) groups is 1. The van der Waals surface area contributed by atoms with Crippen LogP contribution in [0.15, 0.2) is 46.0 Å². The maximum Gasteiger partial charge on any atom is 0.275 e. The first kappa shape index (κ1) is 15.8. The Morgan fingerprint density at radius 3 is 2.20 bits per heavy atom. The van der Waals surface area contributed by atoms with Crippen LogP contribution in [-0.4, -0.2) is 20.3 Å². The Morgan fingerprint density at radius 1 is 1.08 bits per heavy atom. The molecule has 2 aromatic carbocycles. The fraction of sp³-hybridized carbons (Fsp3) is 0.316. The number of hydrogen-bond donors (Lipinski definition) is 1. The number of Topliss-reactive ketones (excluding diaryl/α,β-unsaturated/α-hetero) is 1. The zero-order valence-electron chi connectivity index (χ0n) is 14.0. The van der Waals surface area contributed by atoms with Gasteiger partial charge in [0, 0.05) is 11.8 Å². The molecule has 1 N–H and O–H groups in total. The number of nitrogens with zero attached hydrogens (tertiary/aromatic N) is 2. The summed E-state index contributed by atoms with van der Waals surface area (Å²) in [5, 5.41) is 12.9. The van der Waals surface area contributed by atoms with Crippen molar-refractivity contribution in [2.24, 2.45) is 11.8 Å². The number of aromatic nitrogens is 2. The van der Waals surface area contributed by atoms with Crippen LogP contribution in [0.5, 0.6) is 0 Å². The highest BCUT2D eigenvalue weighted by molar-refractivity contribution is 5.97. The predicted octanol–water partition coefficient (Wildman–Crippen LogP) is 1.66. The van der Waals surface area contributed by atoms with E-state index in [1.807, 2.05) is 24.3 Å². The minimum absolute atomic E-state index is 0.101. The first-order valence-corrected chi connectivity index (χ1v) is 8.27. The fourth-order valence-electron chi connectivity index (χ4n) is 3.78. The number of aliphatic hydroxyl groups is 1. The molecule has 1 aliphatic heterocycles. The third kappa shape index (κ3) is 2.17. The van der Waals surface area contributed by atoms with E-state index in [1.54, 1.807) is 19.1 Å². The van der Waals surface area contributed by atoms with Crippen molar-refractivity contribution in [2.45, 2.75) is 26.6 Å². The van der Waals surface area contributed by atoms with Crippen LogP contribution < -0.4 is 11.1 Å². The van der Waals surface area contributed by atoms with Gasteiger partial charge in [-0.25, -0.2) is 9.36 Å². The monoisotopic (exact) mass is 338 g/mol. The predicted molar refractivity (Wildman–Crippen MR) is 94.6 cm³/mol. The molecule has 3 aromatic rings. The van der Waals surface area contributed by atoms with E-state index in [2.05, 4.69) is 0 Å². The third-order valence-electron chi connectivity index (χ3n) is 5.30. The highest BCUT2D eigenvalue weighted by Gasteiger charge is 2.37. The zero-order chi connectivity index (χ0) is 17.9. The summed E-state index contributed by atoms with van der Waals surface area (Å²) in [6.45, 7) is 3.27. The Labute approximate surface area is 142 Å². The summed E-state index contributed by atoms with van der Waals surface area (Å²) < 4.78 is 2.32. The van der Waals surface area contributed by atoms with Crippen molar-refractivity contribution in [3.63, 3.8) is 0 Å². The topological polar surface area (TPSA) is 81.3 Å². The molecule has 0 spiro atoms. The van der Waals surface area contributed by atoms with Gasteiger partial charge in [-0.2, -0.15) is 0 Å². The number of ketones is 1. The number of hydrogen-bond acceptors (Lipinski definition) is 4. The average molecular weight is 338 g/mol. The van der Waals surface area contributed by atoms with Gasteiger partial charge in [-0.3, -0.25) is 14.4 Å². The first-order chi connectivity index (χ1) is 11.9. The Bertz CT molecular complexity index is 1140. The van der Waals surface area contributed by atoms with Gasteiger partial charge in [0.15, 0.2) is 6.23 Å². The summed E-state index contributed by atoms with van der Waals surface area (Å²) in [7, 11) is 0. The van der Waals surface area contributed by atoms with Gasteiger partial charge >= 0.3 is 0 Å². The molecule has 6 nitrogen and oxygen atoms in total. The minimum Gasteiger partial charge on any atom is -0.371 e. The average Bonchev–Trinajstić information content (AvgIpc) is 2.60. The Kier molecular flexibility index (Phi) is 3.40. The lowest BCUT2D eigenvalue weighted by atomic mass is 9.87. The summed E-state index contributed by atoms with van der Waals surface area (Å²) in [5.74, 6) is -1.03. The molecular weight excluding hydrogens is 320 g/mol. The normalized spacial score (nSPS) is 22.9. The molecule has 1 aromatic heterocycles. The lowest BCUT2D eigenvalue weighted by Crippen LogP contribution is -2.50. The van der Waals surface area contributed by atoms with Gasteiger partial charge in [0.05, 0.1) is 17.3 Å². The maximum absolute atomic E-state index is 13.0. The Morgan fingerprint density at radius 2 is 1.64 bits per heavy atom. The van der Waals surface area contributed by atoms with Gasteiger partial charge < -0.3 is 5.11 Å². The molecule has 128 valence electrons. The Hall–Kier alpha value is -2.73. The van der Waals surface area contributed by atoms with Crippen LogP contribution in [0.2, 0.25) is 0 Å². The van der Waals surface area contributed by atoms with Crippen LogP contribution in [0.1, 0.15) is 20.1 Å². The van der Waals surface area contributed by atoms with Gasteiger partial charge in [0.25, 0.3) is 11.1 Å². The molecule has 0 amide bonds. The van der Waals surface area contributed by atoms with Gasteiger partial charge in [0.1, 0.15) is 5.78 Å². The van der Waals surface area contributed by atoms with E-state index in [4.69, 9.17) is 0 Å². The van der Waals surface area contributed by atoms with Crippen LogP contribution in [-0.2, 0) is 11.3 Å². The highest BCUT2D eigenvalue weighted by atomic mass is 16.3. The van der Waals surface area contributed by atoms with Crippen LogP contribution in [0.25, 0.3) is 21.5 Å². The molecule has 3 atom stereocenters. The minimum atomic E-state index is -1.21. The molecule has 0 saturated heterocycles. The van der Waals surface area contributed by atoms with E-state index in [9.17, 15) is 19.5 Å². The molecule has 2 heterocycles. The van der Waals surface area contributed by atoms with Crippen LogP contribution >= 0.6 is 0 Å². The smallest absolute Gasteiger partial charge is 0.275 e. The molecule has 0 unspecified atom stereocenters. The summed E-state index contributed by atoms with van der Waals surface area (Å²) in [6, 6.07) is 10.9. The SMILES string of the molecule is CC(=O)[C@H]1Cn2c(=O)c3cc4ccccc4cc3c(=O)n2[C@H](O)[C@@H]1C. The molecule has 0 saturated carbocycles. The van der Waals surface area contributed by atoms with E-state index in [1.165, 1.54) is 11.6 Å². The summed E-state index contributed by atoms with van der Waals surface area (Å²) in [4.78, 5) is 37.8. The first-order valence-electron chi connectivity index (χ1n) is 8.27. The Balaban J connectivity index is 2.11. The molecule has 25 heavy (non-hydrogen) atoms. The second-order valence-electron chi connectivity index (χ2n) is 6.77. The molecule has 0 aliphatic carbocycles. The fourth-order valence-corrected chi connectivity index (χ4v) is 3.78. The standard InChI is InChI=1S/C19H18N2O4/c1-10-16(11(2)22)9-20-18(24)14-7-12-5-3-4-6-13(12)8-15(14)19(25)21(20)17(10)23/h3-8,10,16-17,23H,9H2,1-2H3/t10-,16+,17-/m1/s1. The lowest BCUT2D eigenvalue weighted by Gasteiger charge is -2.35. The molecule has 0 bridgehead atoms. The summed E-state index contributed by atoms with van der Waals surface area (Å²) >= 11 is 0. The molecule has 0 fully saturated rings. The van der Waals surface area contributed by atoms with Crippen molar-refractivity contribution >= 4 is 27.3 Å². The van der Waals surface area contributed by atoms with Crippen LogP contribution in [0, 0.1) is 11.8 Å². The third-order valence-corrected chi connectivity index (χ3v) is 5.30. The van der Waals surface area contributed by atoms with E-state index >= 15 is 0 Å².